The predicted octanol–water partition coefficient (Wildman–Crippen LogP) is 2.78. The van der Waals surface area contributed by atoms with E-state index in [4.69, 9.17) is 0 Å². The maximum absolute atomic E-state index is 11.9. The molecule has 2 amide bonds. The molecule has 1 saturated heterocycles. The molecule has 1 aliphatic rings. The number of likely N-dealkylation sites (tertiary alicyclic amines) is 1. The van der Waals surface area contributed by atoms with E-state index in [9.17, 15) is 9.90 Å². The van der Waals surface area contributed by atoms with Crippen molar-refractivity contribution in [2.75, 3.05) is 31.5 Å². The highest BCUT2D eigenvalue weighted by Crippen LogP contribution is 2.17. The minimum atomic E-state index is -0.526. The minimum absolute atomic E-state index is 0.270. The van der Waals surface area contributed by atoms with Gasteiger partial charge in [0, 0.05) is 18.8 Å². The zero-order valence-electron chi connectivity index (χ0n) is 14.2. The molecule has 5 nitrogen and oxygen atoms in total. The van der Waals surface area contributed by atoms with Gasteiger partial charge in [-0.25, -0.2) is 4.79 Å². The Morgan fingerprint density at radius 1 is 1.17 bits per heavy atom. The number of urea groups is 1. The van der Waals surface area contributed by atoms with Crippen molar-refractivity contribution in [3.63, 3.8) is 0 Å². The van der Waals surface area contributed by atoms with Crippen LogP contribution in [0.3, 0.4) is 0 Å². The SMILES string of the molecule is CC(C)c1ccc(NC(=O)NC[C@@H](O)CN2CCCCC2)cc1. The summed E-state index contributed by atoms with van der Waals surface area (Å²) < 4.78 is 0. The molecule has 0 radical (unpaired) electrons. The highest BCUT2D eigenvalue weighted by Gasteiger charge is 2.15. The number of hydrogen-bond acceptors (Lipinski definition) is 3. The molecule has 0 bridgehead atoms. The van der Waals surface area contributed by atoms with Crippen molar-refractivity contribution in [3.8, 4) is 0 Å². The first kappa shape index (κ1) is 17.8. The lowest BCUT2D eigenvalue weighted by Crippen LogP contribution is -2.42. The zero-order chi connectivity index (χ0) is 16.7. The Bertz CT molecular complexity index is 482. The lowest BCUT2D eigenvalue weighted by Gasteiger charge is -2.28. The van der Waals surface area contributed by atoms with Crippen LogP contribution in [0, 0.1) is 0 Å². The van der Waals surface area contributed by atoms with Crippen LogP contribution < -0.4 is 10.6 Å². The summed E-state index contributed by atoms with van der Waals surface area (Å²) in [5, 5.41) is 15.6. The van der Waals surface area contributed by atoms with Gasteiger partial charge >= 0.3 is 6.03 Å². The molecule has 0 spiro atoms. The number of β-amino-alcohol motifs (C(OH)–C–C–N with tert-alkyl or cyclic N) is 1. The Balaban J connectivity index is 1.69. The van der Waals surface area contributed by atoms with Gasteiger partial charge in [-0.1, -0.05) is 32.4 Å². The molecular formula is C18H29N3O2. The van der Waals surface area contributed by atoms with E-state index < -0.39 is 6.10 Å². The number of rotatable bonds is 6. The molecule has 23 heavy (non-hydrogen) atoms. The van der Waals surface area contributed by atoms with Gasteiger partial charge in [-0.15, -0.1) is 0 Å². The average molecular weight is 319 g/mol. The summed E-state index contributed by atoms with van der Waals surface area (Å²) in [5.41, 5.74) is 2.00. The average Bonchev–Trinajstić information content (AvgIpc) is 2.54. The Hall–Kier alpha value is -1.59. The van der Waals surface area contributed by atoms with Crippen LogP contribution in [0.25, 0.3) is 0 Å². The summed E-state index contributed by atoms with van der Waals surface area (Å²) in [7, 11) is 0. The number of anilines is 1. The van der Waals surface area contributed by atoms with E-state index in [0.29, 0.717) is 12.5 Å². The van der Waals surface area contributed by atoms with E-state index in [2.05, 4.69) is 29.4 Å². The van der Waals surface area contributed by atoms with Gasteiger partial charge < -0.3 is 20.6 Å². The highest BCUT2D eigenvalue weighted by molar-refractivity contribution is 5.89. The van der Waals surface area contributed by atoms with E-state index in [0.717, 1.165) is 18.8 Å². The number of carbonyl (C=O) groups excluding carboxylic acids is 1. The number of aliphatic hydroxyl groups excluding tert-OH is 1. The van der Waals surface area contributed by atoms with Gasteiger partial charge in [0.1, 0.15) is 0 Å². The molecule has 128 valence electrons. The molecule has 1 aliphatic heterocycles. The molecule has 2 rings (SSSR count). The first-order valence-electron chi connectivity index (χ1n) is 8.60. The minimum Gasteiger partial charge on any atom is -0.390 e. The van der Waals surface area contributed by atoms with Crippen molar-refractivity contribution >= 4 is 11.7 Å². The van der Waals surface area contributed by atoms with Crippen LogP contribution in [0.1, 0.15) is 44.6 Å². The zero-order valence-corrected chi connectivity index (χ0v) is 14.2. The van der Waals surface area contributed by atoms with Crippen molar-refractivity contribution in [2.24, 2.45) is 0 Å². The van der Waals surface area contributed by atoms with Crippen LogP contribution in [0.15, 0.2) is 24.3 Å². The van der Waals surface area contributed by atoms with Crippen LogP contribution in [0.5, 0.6) is 0 Å². The van der Waals surface area contributed by atoms with Crippen LogP contribution in [0.4, 0.5) is 10.5 Å². The molecule has 0 unspecified atom stereocenters. The van der Waals surface area contributed by atoms with E-state index in [-0.39, 0.29) is 12.6 Å². The Morgan fingerprint density at radius 2 is 1.83 bits per heavy atom. The van der Waals surface area contributed by atoms with Crippen LogP contribution in [-0.4, -0.2) is 48.3 Å². The topological polar surface area (TPSA) is 64.6 Å². The maximum Gasteiger partial charge on any atom is 0.319 e. The molecule has 1 heterocycles. The van der Waals surface area contributed by atoms with Gasteiger partial charge in [0.05, 0.1) is 6.10 Å². The van der Waals surface area contributed by atoms with Crippen molar-refractivity contribution in [3.05, 3.63) is 29.8 Å². The molecule has 1 atom stereocenters. The Morgan fingerprint density at radius 3 is 2.43 bits per heavy atom. The molecule has 3 N–H and O–H groups in total. The van der Waals surface area contributed by atoms with Crippen molar-refractivity contribution in [1.29, 1.82) is 0 Å². The van der Waals surface area contributed by atoms with Gasteiger partial charge in [-0.3, -0.25) is 0 Å². The third kappa shape index (κ3) is 6.20. The van der Waals surface area contributed by atoms with Crippen molar-refractivity contribution < 1.29 is 9.90 Å². The van der Waals surface area contributed by atoms with Gasteiger partial charge in [-0.2, -0.15) is 0 Å². The normalized spacial score (nSPS) is 17.0. The number of hydrogen-bond donors (Lipinski definition) is 3. The largest absolute Gasteiger partial charge is 0.390 e. The second-order valence-corrected chi connectivity index (χ2v) is 6.63. The smallest absolute Gasteiger partial charge is 0.319 e. The van der Waals surface area contributed by atoms with Crippen LogP contribution in [0.2, 0.25) is 0 Å². The first-order valence-corrected chi connectivity index (χ1v) is 8.60. The third-order valence-corrected chi connectivity index (χ3v) is 4.25. The summed E-state index contributed by atoms with van der Waals surface area (Å²) in [6, 6.07) is 7.56. The first-order chi connectivity index (χ1) is 11.0. The molecule has 1 aromatic rings. The second-order valence-electron chi connectivity index (χ2n) is 6.63. The Kier molecular flexibility index (Phi) is 6.86. The fourth-order valence-electron chi connectivity index (χ4n) is 2.84. The summed E-state index contributed by atoms with van der Waals surface area (Å²) >= 11 is 0. The van der Waals surface area contributed by atoms with E-state index in [1.165, 1.54) is 24.8 Å². The lowest BCUT2D eigenvalue weighted by atomic mass is 10.0. The highest BCUT2D eigenvalue weighted by atomic mass is 16.3. The van der Waals surface area contributed by atoms with Gasteiger partial charge in [0.2, 0.25) is 0 Å². The number of amides is 2. The molecular weight excluding hydrogens is 290 g/mol. The predicted molar refractivity (Wildman–Crippen MR) is 93.9 cm³/mol. The van der Waals surface area contributed by atoms with Crippen LogP contribution >= 0.6 is 0 Å². The standard InChI is InChI=1S/C18H29N3O2/c1-14(2)15-6-8-16(9-7-15)20-18(23)19-12-17(22)13-21-10-4-3-5-11-21/h6-9,14,17,22H,3-5,10-13H2,1-2H3,(H2,19,20,23)/t17-/m1/s1. The molecule has 0 aromatic heterocycles. The summed E-state index contributed by atoms with van der Waals surface area (Å²) in [6.45, 7) is 7.27. The number of aliphatic hydroxyl groups is 1. The number of nitrogens with one attached hydrogen (secondary N) is 2. The number of benzene rings is 1. The van der Waals surface area contributed by atoms with E-state index in [1.54, 1.807) is 0 Å². The Labute approximate surface area is 139 Å². The third-order valence-electron chi connectivity index (χ3n) is 4.25. The van der Waals surface area contributed by atoms with Gasteiger partial charge in [0.15, 0.2) is 0 Å². The number of piperidine rings is 1. The molecule has 0 saturated carbocycles. The summed E-state index contributed by atoms with van der Waals surface area (Å²) in [5.74, 6) is 0.475. The number of nitrogens with zero attached hydrogens (tertiary/aromatic N) is 1. The molecule has 0 aliphatic carbocycles. The quantitative estimate of drug-likeness (QED) is 0.755. The lowest BCUT2D eigenvalue weighted by molar-refractivity contribution is 0.102. The van der Waals surface area contributed by atoms with E-state index in [1.807, 2.05) is 24.3 Å². The van der Waals surface area contributed by atoms with Crippen molar-refractivity contribution in [1.82, 2.24) is 10.2 Å². The van der Waals surface area contributed by atoms with Crippen LogP contribution in [-0.2, 0) is 0 Å². The summed E-state index contributed by atoms with van der Waals surface area (Å²) in [4.78, 5) is 14.1. The van der Waals surface area contributed by atoms with Gasteiger partial charge in [-0.05, 0) is 49.5 Å². The maximum atomic E-state index is 11.9. The number of carbonyl (C=O) groups is 1. The van der Waals surface area contributed by atoms with Gasteiger partial charge in [0.25, 0.3) is 0 Å². The summed E-state index contributed by atoms with van der Waals surface area (Å²) in [6.07, 6.45) is 3.16. The fraction of sp³-hybridized carbons (Fsp3) is 0.611. The fourth-order valence-corrected chi connectivity index (χ4v) is 2.84. The molecule has 5 heteroatoms. The second kappa shape index (κ2) is 8.89. The molecule has 1 fully saturated rings. The molecule has 1 aromatic carbocycles. The van der Waals surface area contributed by atoms with E-state index >= 15 is 0 Å². The monoisotopic (exact) mass is 319 g/mol. The van der Waals surface area contributed by atoms with Crippen molar-refractivity contribution in [2.45, 2.75) is 45.1 Å².